The van der Waals surface area contributed by atoms with Crippen LogP contribution in [0.1, 0.15) is 265 Å². The molecule has 0 saturated carbocycles. The maximum atomic E-state index is 12.8. The molecule has 6 nitrogen and oxygen atoms in total. The Morgan fingerprint density at radius 1 is 0.344 bits per heavy atom. The Bertz CT molecular complexity index is 1070. The van der Waals surface area contributed by atoms with Crippen LogP contribution in [-0.4, -0.2) is 37.2 Å². The molecule has 6 heteroatoms. The Labute approximate surface area is 378 Å². The fraction of sp³-hybridized carbons (Fsp3) is 0.800. The number of hydrogen-bond acceptors (Lipinski definition) is 6. The largest absolute Gasteiger partial charge is 0.462 e. The molecule has 0 rings (SSSR count). The highest BCUT2D eigenvalue weighted by Crippen LogP contribution is 2.16. The van der Waals surface area contributed by atoms with Crippen molar-refractivity contribution >= 4 is 17.9 Å². The van der Waals surface area contributed by atoms with E-state index in [9.17, 15) is 14.4 Å². The third-order valence-corrected chi connectivity index (χ3v) is 11.3. The van der Waals surface area contributed by atoms with Crippen molar-refractivity contribution in [3.63, 3.8) is 0 Å². The summed E-state index contributed by atoms with van der Waals surface area (Å²) in [5.41, 5.74) is 0. The molecule has 0 aromatic rings. The number of ether oxygens (including phenoxy) is 3. The summed E-state index contributed by atoms with van der Waals surface area (Å²) < 4.78 is 16.8. The van der Waals surface area contributed by atoms with Gasteiger partial charge < -0.3 is 14.2 Å². The molecule has 354 valence electrons. The van der Waals surface area contributed by atoms with Crippen LogP contribution in [0, 0.1) is 0 Å². The highest BCUT2D eigenvalue weighted by molar-refractivity contribution is 5.71. The first-order valence-electron chi connectivity index (χ1n) is 26.1. The molecular formula is C55H98O6. The summed E-state index contributed by atoms with van der Waals surface area (Å²) in [4.78, 5) is 38.0. The standard InChI is InChI=1S/C55H98O6/c1-4-7-10-13-16-19-22-25-28-31-33-36-39-42-45-48-54(57)60-51-52(61-55(58)49-46-43-40-37-34-30-27-24-21-18-15-12-9-6-3)50-59-53(56)47-44-41-38-35-32-29-26-23-20-17-14-11-8-5-2/h8-9,11-12,17-18,20-21,52H,4-7,10,13-16,19,22-51H2,1-3H3/b11-8-,12-9-,20-17-,21-18-. The monoisotopic (exact) mass is 855 g/mol. The smallest absolute Gasteiger partial charge is 0.306 e. The van der Waals surface area contributed by atoms with Crippen molar-refractivity contribution in [2.75, 3.05) is 13.2 Å². The van der Waals surface area contributed by atoms with Gasteiger partial charge >= 0.3 is 17.9 Å². The topological polar surface area (TPSA) is 78.9 Å². The molecule has 0 radical (unpaired) electrons. The summed E-state index contributed by atoms with van der Waals surface area (Å²) in [6.07, 6.45) is 59.5. The lowest BCUT2D eigenvalue weighted by molar-refractivity contribution is -0.167. The van der Waals surface area contributed by atoms with Crippen LogP contribution in [0.25, 0.3) is 0 Å². The van der Waals surface area contributed by atoms with Crippen molar-refractivity contribution in [3.8, 4) is 0 Å². The van der Waals surface area contributed by atoms with Crippen molar-refractivity contribution < 1.29 is 28.6 Å². The third kappa shape index (κ3) is 48.3. The van der Waals surface area contributed by atoms with Crippen LogP contribution in [0.5, 0.6) is 0 Å². The van der Waals surface area contributed by atoms with Crippen LogP contribution in [0.4, 0.5) is 0 Å². The molecule has 0 aromatic carbocycles. The Kier molecular flexibility index (Phi) is 47.9. The molecular weight excluding hydrogens is 757 g/mol. The van der Waals surface area contributed by atoms with E-state index in [1.165, 1.54) is 128 Å². The lowest BCUT2D eigenvalue weighted by Crippen LogP contribution is -2.30. The van der Waals surface area contributed by atoms with E-state index in [2.05, 4.69) is 69.4 Å². The van der Waals surface area contributed by atoms with Gasteiger partial charge in [-0.1, -0.05) is 223 Å². The number of esters is 3. The minimum Gasteiger partial charge on any atom is -0.462 e. The molecule has 0 aliphatic heterocycles. The number of allylic oxidation sites excluding steroid dienone is 8. The SMILES string of the molecule is CC/C=C\C/C=C\CCCCCCCCCC(=O)OCC(COC(=O)CCCCCCCCCCCCCCCCC)OC(=O)CCCCCCCCC/C=C\C/C=C\CC. The number of unbranched alkanes of at least 4 members (excludes halogenated alkanes) is 28. The Morgan fingerprint density at radius 2 is 0.639 bits per heavy atom. The van der Waals surface area contributed by atoms with E-state index in [-0.39, 0.29) is 31.1 Å². The summed E-state index contributed by atoms with van der Waals surface area (Å²) >= 11 is 0. The van der Waals surface area contributed by atoms with Crippen LogP contribution >= 0.6 is 0 Å². The first-order chi connectivity index (χ1) is 30.0. The highest BCUT2D eigenvalue weighted by atomic mass is 16.6. The maximum Gasteiger partial charge on any atom is 0.306 e. The molecule has 0 saturated heterocycles. The summed E-state index contributed by atoms with van der Waals surface area (Å²) in [5, 5.41) is 0. The summed E-state index contributed by atoms with van der Waals surface area (Å²) in [6, 6.07) is 0. The van der Waals surface area contributed by atoms with Crippen molar-refractivity contribution in [2.24, 2.45) is 0 Å². The maximum absolute atomic E-state index is 12.8. The van der Waals surface area contributed by atoms with Gasteiger partial charge in [0.05, 0.1) is 0 Å². The normalized spacial score (nSPS) is 12.4. The van der Waals surface area contributed by atoms with E-state index < -0.39 is 6.10 Å². The van der Waals surface area contributed by atoms with Crippen LogP contribution < -0.4 is 0 Å². The second kappa shape index (κ2) is 50.0. The van der Waals surface area contributed by atoms with Crippen LogP contribution in [0.3, 0.4) is 0 Å². The van der Waals surface area contributed by atoms with Gasteiger partial charge in [-0.15, -0.1) is 0 Å². The van der Waals surface area contributed by atoms with Gasteiger partial charge in [-0.3, -0.25) is 14.4 Å². The molecule has 1 unspecified atom stereocenters. The number of rotatable bonds is 47. The molecule has 0 bridgehead atoms. The quantitative estimate of drug-likeness (QED) is 0.0263. The van der Waals surface area contributed by atoms with E-state index in [0.29, 0.717) is 19.3 Å². The Hall–Kier alpha value is -2.63. The van der Waals surface area contributed by atoms with Crippen molar-refractivity contribution in [3.05, 3.63) is 48.6 Å². The first-order valence-corrected chi connectivity index (χ1v) is 26.1. The van der Waals surface area contributed by atoms with Crippen LogP contribution in [-0.2, 0) is 28.6 Å². The third-order valence-electron chi connectivity index (χ3n) is 11.3. The molecule has 0 N–H and O–H groups in total. The first kappa shape index (κ1) is 58.4. The highest BCUT2D eigenvalue weighted by Gasteiger charge is 2.19. The number of carbonyl (C=O) groups excluding carboxylic acids is 3. The molecule has 0 aromatic heterocycles. The van der Waals surface area contributed by atoms with Crippen molar-refractivity contribution in [1.82, 2.24) is 0 Å². The van der Waals surface area contributed by atoms with Crippen LogP contribution in [0.15, 0.2) is 48.6 Å². The zero-order valence-corrected chi connectivity index (χ0v) is 40.4. The van der Waals surface area contributed by atoms with E-state index >= 15 is 0 Å². The molecule has 1 atom stereocenters. The Balaban J connectivity index is 4.37. The minimum atomic E-state index is -0.777. The lowest BCUT2D eigenvalue weighted by atomic mass is 10.0. The average molecular weight is 855 g/mol. The lowest BCUT2D eigenvalue weighted by Gasteiger charge is -2.18. The predicted octanol–water partition coefficient (Wildman–Crippen LogP) is 17.1. The van der Waals surface area contributed by atoms with E-state index in [1.54, 1.807) is 0 Å². The Morgan fingerprint density at radius 3 is 0.984 bits per heavy atom. The second-order valence-corrected chi connectivity index (χ2v) is 17.4. The molecule has 0 amide bonds. The summed E-state index contributed by atoms with van der Waals surface area (Å²) in [5.74, 6) is -0.885. The van der Waals surface area contributed by atoms with E-state index in [4.69, 9.17) is 14.2 Å². The zero-order chi connectivity index (χ0) is 44.4. The number of hydrogen-bond donors (Lipinski definition) is 0. The van der Waals surface area contributed by atoms with Gasteiger partial charge in [0.2, 0.25) is 0 Å². The molecule has 61 heavy (non-hydrogen) atoms. The second-order valence-electron chi connectivity index (χ2n) is 17.4. The van der Waals surface area contributed by atoms with Crippen molar-refractivity contribution in [1.29, 1.82) is 0 Å². The predicted molar refractivity (Wildman–Crippen MR) is 261 cm³/mol. The van der Waals surface area contributed by atoms with Crippen molar-refractivity contribution in [2.45, 2.75) is 271 Å². The summed E-state index contributed by atoms with van der Waals surface area (Å²) in [7, 11) is 0. The molecule has 0 aliphatic rings. The van der Waals surface area contributed by atoms with E-state index in [1.807, 2.05) is 0 Å². The minimum absolute atomic E-state index is 0.0765. The molecule has 0 spiro atoms. The van der Waals surface area contributed by atoms with E-state index in [0.717, 1.165) is 96.3 Å². The molecule has 0 heterocycles. The molecule has 0 aliphatic carbocycles. The van der Waals surface area contributed by atoms with Gasteiger partial charge in [-0.05, 0) is 70.6 Å². The zero-order valence-electron chi connectivity index (χ0n) is 40.4. The van der Waals surface area contributed by atoms with Gasteiger partial charge in [0.1, 0.15) is 13.2 Å². The van der Waals surface area contributed by atoms with Gasteiger partial charge in [0.15, 0.2) is 6.10 Å². The molecule has 0 fully saturated rings. The van der Waals surface area contributed by atoms with Gasteiger partial charge in [-0.25, -0.2) is 0 Å². The fourth-order valence-electron chi connectivity index (χ4n) is 7.46. The fourth-order valence-corrected chi connectivity index (χ4v) is 7.46. The van der Waals surface area contributed by atoms with Gasteiger partial charge in [-0.2, -0.15) is 0 Å². The van der Waals surface area contributed by atoms with Gasteiger partial charge in [0, 0.05) is 19.3 Å². The van der Waals surface area contributed by atoms with Gasteiger partial charge in [0.25, 0.3) is 0 Å². The summed E-state index contributed by atoms with van der Waals surface area (Å²) in [6.45, 7) is 6.43. The average Bonchev–Trinajstić information content (AvgIpc) is 3.26. The van der Waals surface area contributed by atoms with Crippen LogP contribution in [0.2, 0.25) is 0 Å². The number of carbonyl (C=O) groups is 3.